The zero-order chi connectivity index (χ0) is 39.8. The van der Waals surface area contributed by atoms with E-state index in [1.165, 1.54) is 0 Å². The van der Waals surface area contributed by atoms with Gasteiger partial charge in [0, 0.05) is 61.2 Å². The summed E-state index contributed by atoms with van der Waals surface area (Å²) >= 11 is 0. The number of aryl methyl sites for hydroxylation is 2. The van der Waals surface area contributed by atoms with Gasteiger partial charge < -0.3 is 32.9 Å². The molecule has 0 aliphatic carbocycles. The van der Waals surface area contributed by atoms with Crippen LogP contribution in [0.3, 0.4) is 0 Å². The third-order valence-corrected chi connectivity index (χ3v) is 10.6. The molecule has 298 valence electrons. The molecule has 6 rings (SSSR count). The molecule has 0 bridgehead atoms. The zero-order valence-electron chi connectivity index (χ0n) is 32.8. The number of morpholine rings is 2. The lowest BCUT2D eigenvalue weighted by Crippen LogP contribution is -2.37. The van der Waals surface area contributed by atoms with Gasteiger partial charge in [-0.2, -0.15) is 0 Å². The van der Waals surface area contributed by atoms with Crippen LogP contribution in [-0.2, 0) is 48.2 Å². The molecule has 2 aromatic carbocycles. The summed E-state index contributed by atoms with van der Waals surface area (Å²) in [6.07, 6.45) is 7.74. The number of benzene rings is 2. The second-order valence-electron chi connectivity index (χ2n) is 14.5. The van der Waals surface area contributed by atoms with Crippen LogP contribution in [0.5, 0.6) is 11.5 Å². The fourth-order valence-corrected chi connectivity index (χ4v) is 7.63. The van der Waals surface area contributed by atoms with Gasteiger partial charge in [-0.1, -0.05) is 24.3 Å². The van der Waals surface area contributed by atoms with Crippen LogP contribution in [0.2, 0.25) is 0 Å². The summed E-state index contributed by atoms with van der Waals surface area (Å²) in [7, 11) is 0. The average molecular weight is 767 g/mol. The van der Waals surface area contributed by atoms with Crippen molar-refractivity contribution in [1.29, 1.82) is 0 Å². The Morgan fingerprint density at radius 2 is 1.02 bits per heavy atom. The summed E-state index contributed by atoms with van der Waals surface area (Å²) in [6, 6.07) is 3.98. The van der Waals surface area contributed by atoms with Crippen molar-refractivity contribution in [3.8, 4) is 11.5 Å². The van der Waals surface area contributed by atoms with Crippen LogP contribution < -0.4 is 20.7 Å². The van der Waals surface area contributed by atoms with E-state index in [9.17, 15) is 14.7 Å². The molecule has 56 heavy (non-hydrogen) atoms. The molecule has 2 fully saturated rings. The van der Waals surface area contributed by atoms with Crippen molar-refractivity contribution in [2.45, 2.75) is 58.7 Å². The van der Waals surface area contributed by atoms with Crippen molar-refractivity contribution in [2.24, 2.45) is 0 Å². The first-order valence-corrected chi connectivity index (χ1v) is 19.4. The highest BCUT2D eigenvalue weighted by Crippen LogP contribution is 2.37. The number of rotatable bonds is 18. The SMILES string of the molecule is C=CCc1cc2c(C)c(CN3CCOCC3)c(=O)oc2c(CC=C)c1OCC(O)COc1c(CC=C)cc2c(C)c(CN3CCOCC3)c(=O)oc2c1CC=C. The summed E-state index contributed by atoms with van der Waals surface area (Å²) in [5, 5.41) is 13.0. The van der Waals surface area contributed by atoms with Crippen molar-refractivity contribution < 1.29 is 32.9 Å². The average Bonchev–Trinajstić information content (AvgIpc) is 3.19. The fraction of sp³-hybridized carbons (Fsp3) is 0.422. The molecule has 1 N–H and O–H groups in total. The topological polar surface area (TPSA) is 124 Å². The first kappa shape index (κ1) is 40.9. The van der Waals surface area contributed by atoms with E-state index < -0.39 is 6.10 Å². The van der Waals surface area contributed by atoms with Gasteiger partial charge in [0.25, 0.3) is 0 Å². The summed E-state index contributed by atoms with van der Waals surface area (Å²) in [6.45, 7) is 26.0. The van der Waals surface area contributed by atoms with Crippen molar-refractivity contribution in [3.63, 3.8) is 0 Å². The molecule has 0 radical (unpaired) electrons. The number of ether oxygens (including phenoxy) is 4. The third-order valence-electron chi connectivity index (χ3n) is 10.6. The molecule has 2 aliphatic heterocycles. The molecular weight excluding hydrogens is 712 g/mol. The number of aliphatic hydroxyl groups is 1. The van der Waals surface area contributed by atoms with Crippen molar-refractivity contribution in [3.05, 3.63) is 128 Å². The molecule has 2 saturated heterocycles. The second-order valence-corrected chi connectivity index (χ2v) is 14.5. The highest BCUT2D eigenvalue weighted by molar-refractivity contribution is 5.88. The molecule has 2 aliphatic rings. The minimum atomic E-state index is -1.06. The van der Waals surface area contributed by atoms with Crippen molar-refractivity contribution in [1.82, 2.24) is 9.80 Å². The van der Waals surface area contributed by atoms with Crippen LogP contribution in [0.15, 0.2) is 81.2 Å². The maximum atomic E-state index is 13.5. The molecule has 11 nitrogen and oxygen atoms in total. The molecule has 2 aromatic heterocycles. The number of fused-ring (bicyclic) bond motifs is 2. The van der Waals surface area contributed by atoms with Crippen molar-refractivity contribution >= 4 is 21.9 Å². The minimum absolute atomic E-state index is 0.113. The van der Waals surface area contributed by atoms with Gasteiger partial charge in [-0.3, -0.25) is 9.80 Å². The summed E-state index contributed by atoms with van der Waals surface area (Å²) in [4.78, 5) is 31.3. The number of allylic oxidation sites excluding steroid dienone is 4. The van der Waals surface area contributed by atoms with Gasteiger partial charge in [-0.05, 0) is 73.9 Å². The number of aliphatic hydroxyl groups excluding tert-OH is 1. The Bertz CT molecular complexity index is 2050. The molecule has 4 heterocycles. The van der Waals surface area contributed by atoms with E-state index in [-0.39, 0.29) is 24.5 Å². The molecule has 0 amide bonds. The third kappa shape index (κ3) is 8.93. The Morgan fingerprint density at radius 1 is 0.643 bits per heavy atom. The lowest BCUT2D eigenvalue weighted by Gasteiger charge is -2.27. The lowest BCUT2D eigenvalue weighted by atomic mass is 9.95. The highest BCUT2D eigenvalue weighted by atomic mass is 16.5. The zero-order valence-corrected chi connectivity index (χ0v) is 32.8. The normalized spacial score (nSPS) is 15.4. The van der Waals surface area contributed by atoms with Crippen LogP contribution in [0.4, 0.5) is 0 Å². The van der Waals surface area contributed by atoms with Crippen LogP contribution in [0.25, 0.3) is 21.9 Å². The van der Waals surface area contributed by atoms with Gasteiger partial charge in [0.2, 0.25) is 0 Å². The van der Waals surface area contributed by atoms with E-state index in [4.69, 9.17) is 27.8 Å². The molecular formula is C45H54N2O9. The Morgan fingerprint density at radius 3 is 1.38 bits per heavy atom. The second kappa shape index (κ2) is 18.9. The number of nitrogens with zero attached hydrogens (tertiary/aromatic N) is 2. The van der Waals surface area contributed by atoms with E-state index in [0.717, 1.165) is 59.2 Å². The van der Waals surface area contributed by atoms with E-state index in [1.54, 1.807) is 24.3 Å². The smallest absolute Gasteiger partial charge is 0.341 e. The van der Waals surface area contributed by atoms with Crippen LogP contribution in [-0.4, -0.2) is 86.8 Å². The Labute approximate surface area is 328 Å². The van der Waals surface area contributed by atoms with E-state index >= 15 is 0 Å². The molecule has 11 heteroatoms. The van der Waals surface area contributed by atoms with Crippen LogP contribution in [0.1, 0.15) is 44.5 Å². The van der Waals surface area contributed by atoms with Gasteiger partial charge in [0.15, 0.2) is 0 Å². The van der Waals surface area contributed by atoms with E-state index in [0.29, 0.717) is 110 Å². The van der Waals surface area contributed by atoms with Crippen molar-refractivity contribution in [2.75, 3.05) is 65.8 Å². The van der Waals surface area contributed by atoms with Gasteiger partial charge in [0.1, 0.15) is 42.0 Å². The van der Waals surface area contributed by atoms with E-state index in [2.05, 4.69) is 36.1 Å². The summed E-state index contributed by atoms with van der Waals surface area (Å²) in [5.74, 6) is 1.02. The summed E-state index contributed by atoms with van der Waals surface area (Å²) < 4.78 is 35.8. The maximum absolute atomic E-state index is 13.5. The number of hydrogen-bond donors (Lipinski definition) is 1. The minimum Gasteiger partial charge on any atom is -0.490 e. The lowest BCUT2D eigenvalue weighted by molar-refractivity contribution is 0.0336. The molecule has 4 aromatic rings. The van der Waals surface area contributed by atoms with E-state index in [1.807, 2.05) is 26.0 Å². The van der Waals surface area contributed by atoms with Gasteiger partial charge >= 0.3 is 11.3 Å². The largest absolute Gasteiger partial charge is 0.490 e. The molecule has 0 spiro atoms. The Balaban J connectivity index is 1.28. The predicted molar refractivity (Wildman–Crippen MR) is 219 cm³/mol. The van der Waals surface area contributed by atoms with Gasteiger partial charge in [-0.25, -0.2) is 9.59 Å². The Kier molecular flexibility index (Phi) is 13.8. The quantitative estimate of drug-likeness (QED) is 0.0960. The molecule has 0 saturated carbocycles. The first-order chi connectivity index (χ1) is 27.2. The number of hydrogen-bond acceptors (Lipinski definition) is 11. The predicted octanol–water partition coefficient (Wildman–Crippen LogP) is 5.91. The molecule has 0 unspecified atom stereocenters. The maximum Gasteiger partial charge on any atom is 0.341 e. The molecule has 0 atom stereocenters. The van der Waals surface area contributed by atoms with Gasteiger partial charge in [-0.15, -0.1) is 26.3 Å². The standard InChI is InChI=1S/C45H54N2O9/c1-7-11-31-23-36-29(5)38(25-46-15-19-51-20-16-46)44(49)55-42(36)34(13-9-3)40(31)53-27-33(48)28-54-41-32(12-8-2)24-37-30(6)39(26-47-17-21-52-22-18-47)45(50)56-43(37)35(41)14-10-4/h7-10,23-24,33,48H,1-4,11-22,25-28H2,5-6H3. The first-order valence-electron chi connectivity index (χ1n) is 19.4. The van der Waals surface area contributed by atoms with Crippen LogP contribution in [0, 0.1) is 13.8 Å². The van der Waals surface area contributed by atoms with Gasteiger partial charge in [0.05, 0.1) is 37.6 Å². The fourth-order valence-electron chi connectivity index (χ4n) is 7.63. The van der Waals surface area contributed by atoms with Crippen LogP contribution >= 0.6 is 0 Å². The summed E-state index contributed by atoms with van der Waals surface area (Å²) in [5.41, 5.74) is 6.12. The highest BCUT2D eigenvalue weighted by Gasteiger charge is 2.25. The monoisotopic (exact) mass is 766 g/mol. The Hall–Kier alpha value is -4.78.